The summed E-state index contributed by atoms with van der Waals surface area (Å²) in [5, 5.41) is 13.0. The number of para-hydroxylation sites is 1. The van der Waals surface area contributed by atoms with Crippen LogP contribution >= 0.6 is 0 Å². The zero-order valence-electron chi connectivity index (χ0n) is 17.7. The number of nitrogens with zero attached hydrogens (tertiary/aromatic N) is 6. The molecule has 2 amide bonds. The molecule has 1 saturated heterocycles. The lowest BCUT2D eigenvalue weighted by Gasteiger charge is -2.21. The smallest absolute Gasteiger partial charge is 0.433 e. The zero-order chi connectivity index (χ0) is 24.3. The van der Waals surface area contributed by atoms with Crippen LogP contribution in [0.3, 0.4) is 0 Å². The molecule has 0 aliphatic carbocycles. The fraction of sp³-hybridized carbons (Fsp3) is 0.300. The monoisotopic (exact) mass is 477 g/mol. The SMILES string of the molecule is Cn1nnnc1NC(=O)c1ccc(C(F)(F)F)nc1COCC1COC(=O)N1c1ccccc1. The molecule has 0 radical (unpaired) electrons. The molecule has 34 heavy (non-hydrogen) atoms. The molecule has 1 atom stereocenters. The first-order valence-corrected chi connectivity index (χ1v) is 9.93. The fourth-order valence-electron chi connectivity index (χ4n) is 3.26. The molecule has 0 spiro atoms. The van der Waals surface area contributed by atoms with Gasteiger partial charge in [0.25, 0.3) is 5.91 Å². The molecule has 1 aliphatic rings. The number of aryl methyl sites for hydroxylation is 1. The number of anilines is 2. The van der Waals surface area contributed by atoms with Gasteiger partial charge in [-0.3, -0.25) is 15.0 Å². The molecule has 0 saturated carbocycles. The molecule has 4 rings (SSSR count). The summed E-state index contributed by atoms with van der Waals surface area (Å²) in [6, 6.07) is 9.93. The number of ether oxygens (including phenoxy) is 2. The molecule has 1 fully saturated rings. The van der Waals surface area contributed by atoms with E-state index < -0.39 is 36.5 Å². The minimum absolute atomic E-state index is 0.00288. The number of carbonyl (C=O) groups is 2. The number of alkyl halides is 3. The van der Waals surface area contributed by atoms with Crippen LogP contribution in [-0.2, 0) is 29.3 Å². The van der Waals surface area contributed by atoms with E-state index in [0.29, 0.717) is 11.8 Å². The highest BCUT2D eigenvalue weighted by atomic mass is 19.4. The van der Waals surface area contributed by atoms with Crippen molar-refractivity contribution in [3.8, 4) is 0 Å². The predicted octanol–water partition coefficient (Wildman–Crippen LogP) is 2.42. The van der Waals surface area contributed by atoms with Gasteiger partial charge in [-0.05, 0) is 34.7 Å². The topological polar surface area (TPSA) is 124 Å². The van der Waals surface area contributed by atoms with Gasteiger partial charge in [0, 0.05) is 12.7 Å². The summed E-state index contributed by atoms with van der Waals surface area (Å²) in [5.41, 5.74) is -0.963. The molecular formula is C20H18F3N7O4. The van der Waals surface area contributed by atoms with E-state index in [9.17, 15) is 22.8 Å². The lowest BCUT2D eigenvalue weighted by atomic mass is 10.1. The van der Waals surface area contributed by atoms with Gasteiger partial charge in [-0.2, -0.15) is 13.2 Å². The van der Waals surface area contributed by atoms with Gasteiger partial charge in [0.2, 0.25) is 5.95 Å². The number of rotatable bonds is 7. The highest BCUT2D eigenvalue weighted by Gasteiger charge is 2.35. The first kappa shape index (κ1) is 23.1. The van der Waals surface area contributed by atoms with Crippen LogP contribution in [0.5, 0.6) is 0 Å². The molecule has 1 aromatic carbocycles. The molecule has 1 N–H and O–H groups in total. The highest BCUT2D eigenvalue weighted by molar-refractivity contribution is 6.04. The third kappa shape index (κ3) is 4.96. The number of halogens is 3. The second kappa shape index (κ2) is 9.43. The molecule has 11 nitrogen and oxygen atoms in total. The van der Waals surface area contributed by atoms with E-state index in [1.807, 2.05) is 0 Å². The Labute approximate surface area is 190 Å². The maximum atomic E-state index is 13.2. The number of amides is 2. The van der Waals surface area contributed by atoms with Crippen LogP contribution in [0.2, 0.25) is 0 Å². The second-order valence-corrected chi connectivity index (χ2v) is 7.22. The lowest BCUT2D eigenvalue weighted by molar-refractivity contribution is -0.141. The van der Waals surface area contributed by atoms with E-state index in [1.54, 1.807) is 30.3 Å². The van der Waals surface area contributed by atoms with Crippen molar-refractivity contribution in [1.29, 1.82) is 0 Å². The molecule has 0 bridgehead atoms. The van der Waals surface area contributed by atoms with Crippen LogP contribution in [0, 0.1) is 0 Å². The van der Waals surface area contributed by atoms with Crippen molar-refractivity contribution in [2.24, 2.45) is 7.05 Å². The third-order valence-electron chi connectivity index (χ3n) is 4.90. The average Bonchev–Trinajstić information content (AvgIpc) is 3.38. The Balaban J connectivity index is 1.51. The number of hydrogen-bond donors (Lipinski definition) is 1. The van der Waals surface area contributed by atoms with Gasteiger partial charge in [0.1, 0.15) is 12.3 Å². The van der Waals surface area contributed by atoms with Crippen LogP contribution in [0.1, 0.15) is 21.7 Å². The molecule has 1 unspecified atom stereocenters. The van der Waals surface area contributed by atoms with E-state index in [2.05, 4.69) is 25.8 Å². The summed E-state index contributed by atoms with van der Waals surface area (Å²) in [6.07, 6.45) is -5.28. The van der Waals surface area contributed by atoms with Gasteiger partial charge in [-0.1, -0.05) is 23.3 Å². The summed E-state index contributed by atoms with van der Waals surface area (Å²) in [4.78, 5) is 29.8. The van der Waals surface area contributed by atoms with E-state index in [0.717, 1.165) is 6.07 Å². The van der Waals surface area contributed by atoms with Gasteiger partial charge in [0.05, 0.1) is 30.5 Å². The first-order chi connectivity index (χ1) is 16.2. The van der Waals surface area contributed by atoms with Crippen molar-refractivity contribution in [1.82, 2.24) is 25.2 Å². The highest BCUT2D eigenvalue weighted by Crippen LogP contribution is 2.29. The van der Waals surface area contributed by atoms with E-state index in [-0.39, 0.29) is 30.4 Å². The van der Waals surface area contributed by atoms with E-state index in [4.69, 9.17) is 9.47 Å². The Morgan fingerprint density at radius 1 is 1.24 bits per heavy atom. The largest absolute Gasteiger partial charge is 0.447 e. The summed E-state index contributed by atoms with van der Waals surface area (Å²) in [6.45, 7) is -0.444. The van der Waals surface area contributed by atoms with Crippen LogP contribution in [0.15, 0.2) is 42.5 Å². The Hall–Kier alpha value is -4.07. The van der Waals surface area contributed by atoms with Crippen molar-refractivity contribution in [2.75, 3.05) is 23.4 Å². The Morgan fingerprint density at radius 3 is 2.68 bits per heavy atom. The van der Waals surface area contributed by atoms with Crippen molar-refractivity contribution in [2.45, 2.75) is 18.8 Å². The number of benzene rings is 1. The van der Waals surface area contributed by atoms with Gasteiger partial charge < -0.3 is 9.47 Å². The molecule has 2 aromatic heterocycles. The number of tetrazole rings is 1. The number of carbonyl (C=O) groups excluding carboxylic acids is 2. The van der Waals surface area contributed by atoms with E-state index in [1.165, 1.54) is 16.6 Å². The normalized spacial score (nSPS) is 15.9. The number of pyridine rings is 1. The van der Waals surface area contributed by atoms with Crippen molar-refractivity contribution in [3.63, 3.8) is 0 Å². The second-order valence-electron chi connectivity index (χ2n) is 7.22. The maximum Gasteiger partial charge on any atom is 0.433 e. The van der Waals surface area contributed by atoms with Gasteiger partial charge in [0.15, 0.2) is 0 Å². The van der Waals surface area contributed by atoms with Gasteiger partial charge in [-0.25, -0.2) is 14.5 Å². The van der Waals surface area contributed by atoms with Crippen molar-refractivity contribution >= 4 is 23.6 Å². The summed E-state index contributed by atoms with van der Waals surface area (Å²) >= 11 is 0. The summed E-state index contributed by atoms with van der Waals surface area (Å²) in [5.74, 6) is -0.764. The van der Waals surface area contributed by atoms with Crippen LogP contribution in [0.4, 0.5) is 29.6 Å². The van der Waals surface area contributed by atoms with Crippen molar-refractivity contribution in [3.05, 3.63) is 59.4 Å². The molecule has 14 heteroatoms. The Morgan fingerprint density at radius 2 is 2.00 bits per heavy atom. The minimum atomic E-state index is -4.72. The molecule has 3 heterocycles. The minimum Gasteiger partial charge on any atom is -0.447 e. The van der Waals surface area contributed by atoms with Crippen LogP contribution in [0.25, 0.3) is 0 Å². The van der Waals surface area contributed by atoms with Gasteiger partial charge in [-0.15, -0.1) is 0 Å². The number of nitrogens with one attached hydrogen (secondary N) is 1. The molecule has 178 valence electrons. The number of hydrogen-bond acceptors (Lipinski definition) is 8. The quantitative estimate of drug-likeness (QED) is 0.550. The number of aromatic nitrogens is 5. The molecular weight excluding hydrogens is 459 g/mol. The third-order valence-corrected chi connectivity index (χ3v) is 4.90. The standard InChI is InChI=1S/C20H18F3N7O4/c1-29-18(26-27-28-29)25-17(31)14-7-8-16(20(21,22)23)24-15(14)11-33-9-13-10-34-19(32)30(13)12-5-3-2-4-6-12/h2-8,13H,9-11H2,1H3,(H,25,26,28,31). The average molecular weight is 477 g/mol. The van der Waals surface area contributed by atoms with Crippen molar-refractivity contribution < 1.29 is 32.2 Å². The Kier molecular flexibility index (Phi) is 6.40. The Bertz CT molecular complexity index is 1190. The first-order valence-electron chi connectivity index (χ1n) is 9.93. The molecule has 3 aromatic rings. The summed E-state index contributed by atoms with van der Waals surface area (Å²) < 4.78 is 51.5. The van der Waals surface area contributed by atoms with Crippen LogP contribution in [-0.4, -0.2) is 56.4 Å². The number of cyclic esters (lactones) is 1. The molecule has 1 aliphatic heterocycles. The van der Waals surface area contributed by atoms with Gasteiger partial charge >= 0.3 is 12.3 Å². The summed E-state index contributed by atoms with van der Waals surface area (Å²) in [7, 11) is 1.48. The predicted molar refractivity (Wildman–Crippen MR) is 110 cm³/mol. The fourth-order valence-corrected chi connectivity index (χ4v) is 3.26. The van der Waals surface area contributed by atoms with Crippen LogP contribution < -0.4 is 10.2 Å². The van der Waals surface area contributed by atoms with E-state index >= 15 is 0 Å². The maximum absolute atomic E-state index is 13.2. The zero-order valence-corrected chi connectivity index (χ0v) is 17.7. The lowest BCUT2D eigenvalue weighted by Crippen LogP contribution is -2.37.